The third kappa shape index (κ3) is 5.68. The molecule has 2 bridgehead atoms. The van der Waals surface area contributed by atoms with Gasteiger partial charge in [0.15, 0.2) is 5.78 Å². The first-order valence-electron chi connectivity index (χ1n) is 14.5. The Morgan fingerprint density at radius 1 is 1.24 bits per heavy atom. The second kappa shape index (κ2) is 10.8. The fourth-order valence-corrected chi connectivity index (χ4v) is 7.15. The lowest BCUT2D eigenvalue weighted by molar-refractivity contribution is -0.199. The van der Waals surface area contributed by atoms with Gasteiger partial charge in [0, 0.05) is 12.2 Å². The largest absolute Gasteiger partial charge is 0.496 e. The SMILES string of the molecule is COc1c(C[C@H](CC(=O)Cn2cc(CO)nn2)B2O[C@@H]3C[C@@H]4C[C@@H](C4(C)C)[C@]3(C)O2)cccc1C(=O)OC(C)(C)C. The molecule has 1 saturated heterocycles. The molecule has 5 atom stereocenters. The van der Waals surface area contributed by atoms with Crippen molar-refractivity contribution < 1.29 is 33.5 Å². The number of aliphatic hydroxyl groups excluding tert-OH is 1. The lowest BCUT2D eigenvalue weighted by atomic mass is 9.43. The normalized spacial score (nSPS) is 27.1. The van der Waals surface area contributed by atoms with Crippen LogP contribution in [0.15, 0.2) is 24.4 Å². The molecule has 1 aliphatic heterocycles. The standard InChI is InChI=1S/C30H42BN3O7/c1-28(2,3)39-27(37)23-10-8-9-18(26(23)38-7)11-20(14-22(36)16-34-15-21(17-35)32-33-34)31-40-25-13-19-12-24(29(19,4)5)30(25,6)41-31/h8-10,15,19-20,24-25,35H,11-14,16-17H2,1-7H3/t19-,20+,24-,25+,30-/m0/s1. The highest BCUT2D eigenvalue weighted by Gasteiger charge is 2.68. The van der Waals surface area contributed by atoms with Crippen molar-refractivity contribution >= 4 is 18.9 Å². The zero-order valence-corrected chi connectivity index (χ0v) is 25.2. The molecule has 41 heavy (non-hydrogen) atoms. The summed E-state index contributed by atoms with van der Waals surface area (Å²) < 4.78 is 26.2. The fraction of sp³-hybridized carbons (Fsp3) is 0.667. The molecule has 6 rings (SSSR count). The Morgan fingerprint density at radius 3 is 2.63 bits per heavy atom. The number of ether oxygens (including phenoxy) is 2. The third-order valence-corrected chi connectivity index (χ3v) is 9.33. The summed E-state index contributed by atoms with van der Waals surface area (Å²) in [5.74, 6) is 0.540. The van der Waals surface area contributed by atoms with Crippen LogP contribution in [-0.2, 0) is 38.4 Å². The molecule has 4 aliphatic rings. The Hall–Kier alpha value is -2.76. The smallest absolute Gasteiger partial charge is 0.461 e. The van der Waals surface area contributed by atoms with Crippen molar-refractivity contribution in [2.75, 3.05) is 7.11 Å². The van der Waals surface area contributed by atoms with Crippen LogP contribution in [0.25, 0.3) is 0 Å². The van der Waals surface area contributed by atoms with Crippen LogP contribution in [-0.4, -0.2) is 63.4 Å². The summed E-state index contributed by atoms with van der Waals surface area (Å²) in [6.07, 6.45) is 4.17. The van der Waals surface area contributed by atoms with Crippen molar-refractivity contribution in [3.63, 3.8) is 0 Å². The molecule has 2 aromatic rings. The van der Waals surface area contributed by atoms with Gasteiger partial charge in [-0.05, 0) is 75.8 Å². The molecule has 10 nitrogen and oxygen atoms in total. The maximum Gasteiger partial charge on any atom is 0.461 e. The number of methoxy groups -OCH3 is 1. The van der Waals surface area contributed by atoms with E-state index in [9.17, 15) is 14.7 Å². The van der Waals surface area contributed by atoms with Gasteiger partial charge in [-0.15, -0.1) is 5.10 Å². The first-order chi connectivity index (χ1) is 19.2. The van der Waals surface area contributed by atoms with Crippen molar-refractivity contribution in [2.24, 2.45) is 17.3 Å². The number of ketones is 1. The molecule has 0 amide bonds. The minimum Gasteiger partial charge on any atom is -0.496 e. The first-order valence-corrected chi connectivity index (χ1v) is 14.5. The molecular formula is C30H42BN3O7. The number of benzene rings is 1. The van der Waals surface area contributed by atoms with Gasteiger partial charge in [0.05, 0.1) is 31.6 Å². The summed E-state index contributed by atoms with van der Waals surface area (Å²) in [6, 6.07) is 5.39. The average molecular weight is 567 g/mol. The maximum atomic E-state index is 13.4. The molecule has 2 heterocycles. The number of hydrogen-bond donors (Lipinski definition) is 1. The molecule has 4 fully saturated rings. The van der Waals surface area contributed by atoms with Crippen molar-refractivity contribution in [2.45, 2.75) is 104 Å². The molecule has 3 aliphatic carbocycles. The third-order valence-electron chi connectivity index (χ3n) is 9.33. The highest BCUT2D eigenvalue weighted by Crippen LogP contribution is 2.66. The summed E-state index contributed by atoms with van der Waals surface area (Å²) in [5.41, 5.74) is 0.621. The Labute approximate surface area is 242 Å². The zero-order chi connectivity index (χ0) is 29.7. The van der Waals surface area contributed by atoms with Crippen molar-refractivity contribution in [3.8, 4) is 5.75 Å². The van der Waals surface area contributed by atoms with E-state index in [0.717, 1.165) is 18.4 Å². The van der Waals surface area contributed by atoms with E-state index in [4.69, 9.17) is 18.8 Å². The van der Waals surface area contributed by atoms with E-state index < -0.39 is 24.3 Å². The van der Waals surface area contributed by atoms with E-state index in [0.29, 0.717) is 35.3 Å². The van der Waals surface area contributed by atoms with E-state index in [2.05, 4.69) is 31.1 Å². The Balaban J connectivity index is 1.41. The van der Waals surface area contributed by atoms with Crippen molar-refractivity contribution in [3.05, 3.63) is 41.2 Å². The topological polar surface area (TPSA) is 122 Å². The lowest BCUT2D eigenvalue weighted by Crippen LogP contribution is -2.65. The summed E-state index contributed by atoms with van der Waals surface area (Å²) in [4.78, 5) is 26.4. The second-order valence-corrected chi connectivity index (χ2v) is 13.6. The molecule has 1 aromatic carbocycles. The average Bonchev–Trinajstić information content (AvgIpc) is 3.50. The minimum absolute atomic E-state index is 0.0176. The molecule has 0 spiro atoms. The van der Waals surface area contributed by atoms with Gasteiger partial charge in [-0.1, -0.05) is 31.2 Å². The zero-order valence-electron chi connectivity index (χ0n) is 25.2. The maximum absolute atomic E-state index is 13.4. The molecule has 1 N–H and O–H groups in total. The van der Waals surface area contributed by atoms with Crippen LogP contribution < -0.4 is 4.74 Å². The number of para-hydroxylation sites is 1. The van der Waals surface area contributed by atoms with Crippen molar-refractivity contribution in [1.82, 2.24) is 15.0 Å². The van der Waals surface area contributed by atoms with Gasteiger partial charge in [0.2, 0.25) is 0 Å². The number of aromatic nitrogens is 3. The Morgan fingerprint density at radius 2 is 2.00 bits per heavy atom. The summed E-state index contributed by atoms with van der Waals surface area (Å²) in [7, 11) is 0.937. The van der Waals surface area contributed by atoms with E-state index >= 15 is 0 Å². The highest BCUT2D eigenvalue weighted by molar-refractivity contribution is 6.48. The van der Waals surface area contributed by atoms with Crippen LogP contribution in [0.2, 0.25) is 5.82 Å². The number of Topliss-reactive ketones (excluding diaryl/α,β-unsaturated/α-hetero) is 1. The number of esters is 1. The molecule has 222 valence electrons. The van der Waals surface area contributed by atoms with Gasteiger partial charge < -0.3 is 23.9 Å². The van der Waals surface area contributed by atoms with Crippen LogP contribution in [0.4, 0.5) is 0 Å². The van der Waals surface area contributed by atoms with Crippen molar-refractivity contribution in [1.29, 1.82) is 0 Å². The number of aliphatic hydroxyl groups is 1. The molecule has 0 unspecified atom stereocenters. The molecular weight excluding hydrogens is 525 g/mol. The summed E-state index contributed by atoms with van der Waals surface area (Å²) in [5, 5.41) is 17.1. The molecule has 0 radical (unpaired) electrons. The van der Waals surface area contributed by atoms with E-state index in [1.54, 1.807) is 18.3 Å². The number of rotatable bonds is 10. The molecule has 3 saturated carbocycles. The van der Waals surface area contributed by atoms with Crippen LogP contribution in [0.5, 0.6) is 5.75 Å². The Bertz CT molecular complexity index is 1310. The van der Waals surface area contributed by atoms with Crippen LogP contribution in [0.1, 0.15) is 82.4 Å². The first kappa shape index (κ1) is 29.7. The van der Waals surface area contributed by atoms with E-state index in [1.807, 2.05) is 26.8 Å². The van der Waals surface area contributed by atoms with Crippen LogP contribution >= 0.6 is 0 Å². The monoisotopic (exact) mass is 567 g/mol. The predicted octanol–water partition coefficient (Wildman–Crippen LogP) is 4.03. The Kier molecular flexibility index (Phi) is 7.85. The number of carbonyl (C=O) groups is 2. The van der Waals surface area contributed by atoms with Gasteiger partial charge >= 0.3 is 13.1 Å². The summed E-state index contributed by atoms with van der Waals surface area (Å²) in [6.45, 7) is 12.0. The van der Waals surface area contributed by atoms with E-state index in [1.165, 1.54) is 11.8 Å². The highest BCUT2D eigenvalue weighted by atomic mass is 16.7. The molecule has 1 aromatic heterocycles. The predicted molar refractivity (Wildman–Crippen MR) is 151 cm³/mol. The molecule has 11 heteroatoms. The lowest BCUT2D eigenvalue weighted by Gasteiger charge is -2.64. The fourth-order valence-electron chi connectivity index (χ4n) is 7.15. The second-order valence-electron chi connectivity index (χ2n) is 13.6. The van der Waals surface area contributed by atoms with Gasteiger partial charge in [-0.3, -0.25) is 4.79 Å². The number of nitrogens with zero attached hydrogens (tertiary/aromatic N) is 3. The van der Waals surface area contributed by atoms with Crippen LogP contribution in [0.3, 0.4) is 0 Å². The van der Waals surface area contributed by atoms with Crippen LogP contribution in [0, 0.1) is 17.3 Å². The van der Waals surface area contributed by atoms with E-state index in [-0.39, 0.29) is 42.7 Å². The van der Waals surface area contributed by atoms with Gasteiger partial charge in [-0.25, -0.2) is 9.48 Å². The van der Waals surface area contributed by atoms with Gasteiger partial charge in [-0.2, -0.15) is 0 Å². The summed E-state index contributed by atoms with van der Waals surface area (Å²) >= 11 is 0. The number of carbonyl (C=O) groups excluding carboxylic acids is 2. The minimum atomic E-state index is -0.657. The number of hydrogen-bond acceptors (Lipinski definition) is 9. The van der Waals surface area contributed by atoms with Gasteiger partial charge in [0.1, 0.15) is 29.2 Å². The van der Waals surface area contributed by atoms with Gasteiger partial charge in [0.25, 0.3) is 0 Å². The quantitative estimate of drug-likeness (QED) is 0.335.